The van der Waals surface area contributed by atoms with Crippen LogP contribution in [0.25, 0.3) is 0 Å². The van der Waals surface area contributed by atoms with Crippen LogP contribution in [0.1, 0.15) is 37.7 Å². The summed E-state index contributed by atoms with van der Waals surface area (Å²) in [4.78, 5) is 24.5. The molecule has 0 radical (unpaired) electrons. The highest BCUT2D eigenvalue weighted by Crippen LogP contribution is 2.33. The third kappa shape index (κ3) is 3.22. The molecule has 3 amide bonds. The van der Waals surface area contributed by atoms with E-state index in [2.05, 4.69) is 15.2 Å². The van der Waals surface area contributed by atoms with Crippen molar-refractivity contribution in [3.8, 4) is 5.75 Å². The minimum atomic E-state index is -2.89. The summed E-state index contributed by atoms with van der Waals surface area (Å²) in [5.74, 6) is -0.306. The Kier molecular flexibility index (Phi) is 4.46. The maximum atomic E-state index is 12.5. The topological polar surface area (TPSA) is 71.0 Å². The molecule has 1 N–H and O–H groups in total. The second-order valence-electron chi connectivity index (χ2n) is 5.88. The Morgan fingerprint density at radius 2 is 1.83 bits per heavy atom. The second kappa shape index (κ2) is 6.54. The first-order valence-corrected chi connectivity index (χ1v) is 7.76. The van der Waals surface area contributed by atoms with Gasteiger partial charge in [-0.05, 0) is 42.7 Å². The first kappa shape index (κ1) is 16.4. The standard InChI is InChI=1S/C16H17F2N3O3/c17-14(18)24-12-6-4-11(5-7-12)10-19-21-13(22)16(20-15(21)23)8-2-1-3-9-16/h4-7,10,14H,1-3,8-9H2,(H,20,23)/b19-10-. The molecule has 1 aliphatic carbocycles. The molecule has 0 unspecified atom stereocenters. The first-order valence-electron chi connectivity index (χ1n) is 7.76. The summed E-state index contributed by atoms with van der Waals surface area (Å²) in [6.45, 7) is -2.89. The highest BCUT2D eigenvalue weighted by molar-refractivity contribution is 6.07. The van der Waals surface area contributed by atoms with Gasteiger partial charge in [0.2, 0.25) is 0 Å². The van der Waals surface area contributed by atoms with Gasteiger partial charge in [0.15, 0.2) is 0 Å². The van der Waals surface area contributed by atoms with Gasteiger partial charge in [-0.15, -0.1) is 5.01 Å². The van der Waals surface area contributed by atoms with Crippen LogP contribution in [0.4, 0.5) is 13.6 Å². The van der Waals surface area contributed by atoms with E-state index in [4.69, 9.17) is 0 Å². The van der Waals surface area contributed by atoms with Gasteiger partial charge in [0.05, 0.1) is 6.21 Å². The molecule has 1 saturated heterocycles. The largest absolute Gasteiger partial charge is 0.435 e. The van der Waals surface area contributed by atoms with Gasteiger partial charge in [0.1, 0.15) is 11.3 Å². The van der Waals surface area contributed by atoms with Crippen LogP contribution in [-0.4, -0.2) is 35.3 Å². The minimum absolute atomic E-state index is 0.0262. The molecular weight excluding hydrogens is 320 g/mol. The molecule has 1 aliphatic heterocycles. The molecule has 1 heterocycles. The van der Waals surface area contributed by atoms with Gasteiger partial charge in [0.25, 0.3) is 5.91 Å². The quantitative estimate of drug-likeness (QED) is 0.678. The highest BCUT2D eigenvalue weighted by atomic mass is 19.3. The number of alkyl halides is 2. The van der Waals surface area contributed by atoms with Gasteiger partial charge in [0, 0.05) is 0 Å². The van der Waals surface area contributed by atoms with Crippen molar-refractivity contribution in [3.05, 3.63) is 29.8 Å². The number of halogens is 2. The van der Waals surface area contributed by atoms with Crippen LogP contribution in [-0.2, 0) is 4.79 Å². The molecule has 1 saturated carbocycles. The molecular formula is C16H17F2N3O3. The lowest BCUT2D eigenvalue weighted by atomic mass is 9.82. The molecule has 2 aliphatic rings. The fourth-order valence-corrected chi connectivity index (χ4v) is 3.06. The average molecular weight is 337 g/mol. The van der Waals surface area contributed by atoms with Gasteiger partial charge in [-0.2, -0.15) is 13.9 Å². The first-order chi connectivity index (χ1) is 11.5. The fourth-order valence-electron chi connectivity index (χ4n) is 3.06. The Morgan fingerprint density at radius 3 is 2.46 bits per heavy atom. The van der Waals surface area contributed by atoms with Crippen molar-refractivity contribution in [1.29, 1.82) is 0 Å². The van der Waals surface area contributed by atoms with E-state index < -0.39 is 18.2 Å². The Morgan fingerprint density at radius 1 is 1.17 bits per heavy atom. The minimum Gasteiger partial charge on any atom is -0.435 e. The molecule has 128 valence electrons. The average Bonchev–Trinajstić information content (AvgIpc) is 2.77. The number of imide groups is 1. The molecule has 3 rings (SSSR count). The number of carbonyl (C=O) groups excluding carboxylic acids is 2. The van der Waals surface area contributed by atoms with Crippen LogP contribution in [0.2, 0.25) is 0 Å². The Labute approximate surface area is 137 Å². The molecule has 1 aromatic rings. The van der Waals surface area contributed by atoms with Gasteiger partial charge < -0.3 is 10.1 Å². The van der Waals surface area contributed by atoms with E-state index in [-0.39, 0.29) is 11.7 Å². The Balaban J connectivity index is 1.70. The monoisotopic (exact) mass is 337 g/mol. The lowest BCUT2D eigenvalue weighted by Crippen LogP contribution is -2.48. The zero-order valence-corrected chi connectivity index (χ0v) is 12.9. The maximum Gasteiger partial charge on any atom is 0.387 e. The fraction of sp³-hybridized carbons (Fsp3) is 0.438. The lowest BCUT2D eigenvalue weighted by Gasteiger charge is -2.29. The zero-order valence-electron chi connectivity index (χ0n) is 12.9. The molecule has 8 heteroatoms. The van der Waals surface area contributed by atoms with Crippen LogP contribution < -0.4 is 10.1 Å². The van der Waals surface area contributed by atoms with E-state index in [9.17, 15) is 18.4 Å². The summed E-state index contributed by atoms with van der Waals surface area (Å²) >= 11 is 0. The van der Waals surface area contributed by atoms with Crippen LogP contribution >= 0.6 is 0 Å². The molecule has 2 fully saturated rings. The predicted octanol–water partition coefficient (Wildman–Crippen LogP) is 2.88. The third-order valence-corrected chi connectivity index (χ3v) is 4.27. The van der Waals surface area contributed by atoms with Gasteiger partial charge in [-0.3, -0.25) is 4.79 Å². The molecule has 1 spiro atoms. The molecule has 24 heavy (non-hydrogen) atoms. The van der Waals surface area contributed by atoms with Gasteiger partial charge >= 0.3 is 12.6 Å². The maximum absolute atomic E-state index is 12.5. The Bertz CT molecular complexity index is 655. The second-order valence-corrected chi connectivity index (χ2v) is 5.88. The number of urea groups is 1. The number of nitrogens with one attached hydrogen (secondary N) is 1. The summed E-state index contributed by atoms with van der Waals surface area (Å²) in [6.07, 6.45) is 5.45. The number of rotatable bonds is 4. The van der Waals surface area contributed by atoms with Crippen LogP contribution in [0.15, 0.2) is 29.4 Å². The van der Waals surface area contributed by atoms with Crippen molar-refractivity contribution in [3.63, 3.8) is 0 Å². The van der Waals surface area contributed by atoms with Crippen molar-refractivity contribution < 1.29 is 23.1 Å². The van der Waals surface area contributed by atoms with Crippen molar-refractivity contribution >= 4 is 18.2 Å². The summed E-state index contributed by atoms with van der Waals surface area (Å²) in [5.41, 5.74) is -0.261. The smallest absolute Gasteiger partial charge is 0.387 e. The van der Waals surface area contributed by atoms with Crippen LogP contribution in [0, 0.1) is 0 Å². The number of hydrogen-bond acceptors (Lipinski definition) is 4. The van der Waals surface area contributed by atoms with E-state index in [0.717, 1.165) is 24.3 Å². The van der Waals surface area contributed by atoms with Crippen molar-refractivity contribution in [2.45, 2.75) is 44.3 Å². The van der Waals surface area contributed by atoms with E-state index in [0.29, 0.717) is 18.4 Å². The van der Waals surface area contributed by atoms with Crippen molar-refractivity contribution in [1.82, 2.24) is 10.3 Å². The number of hydrogen-bond donors (Lipinski definition) is 1. The van der Waals surface area contributed by atoms with E-state index >= 15 is 0 Å². The number of amides is 3. The normalized spacial score (nSPS) is 20.2. The third-order valence-electron chi connectivity index (χ3n) is 4.27. The van der Waals surface area contributed by atoms with E-state index in [1.165, 1.54) is 30.5 Å². The number of carbonyl (C=O) groups is 2. The summed E-state index contributed by atoms with van der Waals surface area (Å²) in [6, 6.07) is 5.21. The van der Waals surface area contributed by atoms with Gasteiger partial charge in [-0.25, -0.2) is 4.79 Å². The molecule has 1 aromatic carbocycles. The predicted molar refractivity (Wildman–Crippen MR) is 81.9 cm³/mol. The number of hydrazone groups is 1. The number of ether oxygens (including phenoxy) is 1. The SMILES string of the molecule is O=C1NC2(CCCCC2)C(=O)N1/N=C\c1ccc(OC(F)F)cc1. The van der Waals surface area contributed by atoms with Gasteiger partial charge in [-0.1, -0.05) is 19.3 Å². The summed E-state index contributed by atoms with van der Waals surface area (Å²) in [7, 11) is 0. The van der Waals surface area contributed by atoms with E-state index in [1.54, 1.807) is 0 Å². The Hall–Kier alpha value is -2.51. The summed E-state index contributed by atoms with van der Waals surface area (Å²) < 4.78 is 28.4. The molecule has 6 nitrogen and oxygen atoms in total. The van der Waals surface area contributed by atoms with Crippen LogP contribution in [0.3, 0.4) is 0 Å². The zero-order chi connectivity index (χ0) is 17.2. The van der Waals surface area contributed by atoms with Crippen LogP contribution in [0.5, 0.6) is 5.75 Å². The number of nitrogens with zero attached hydrogens (tertiary/aromatic N) is 2. The molecule has 0 bridgehead atoms. The van der Waals surface area contributed by atoms with Crippen molar-refractivity contribution in [2.75, 3.05) is 0 Å². The lowest BCUT2D eigenvalue weighted by molar-refractivity contribution is -0.132. The highest BCUT2D eigenvalue weighted by Gasteiger charge is 2.51. The number of benzene rings is 1. The summed E-state index contributed by atoms with van der Waals surface area (Å²) in [5, 5.41) is 7.55. The molecule has 0 aromatic heterocycles. The van der Waals surface area contributed by atoms with E-state index in [1.807, 2.05) is 0 Å². The molecule has 0 atom stereocenters. The van der Waals surface area contributed by atoms with Crippen molar-refractivity contribution in [2.24, 2.45) is 5.10 Å².